The summed E-state index contributed by atoms with van der Waals surface area (Å²) in [6, 6.07) is 5.07. The molecule has 3 aromatic heterocycles. The first-order valence-corrected chi connectivity index (χ1v) is 8.80. The lowest BCUT2D eigenvalue weighted by molar-refractivity contribution is 0.0662. The molecule has 2 aliphatic rings. The molecule has 0 spiro atoms. The van der Waals surface area contributed by atoms with Crippen molar-refractivity contribution in [2.24, 2.45) is 0 Å². The summed E-state index contributed by atoms with van der Waals surface area (Å²) in [5, 5.41) is 4.57. The number of imidazole rings is 1. The summed E-state index contributed by atoms with van der Waals surface area (Å²) in [6.07, 6.45) is 8.31. The summed E-state index contributed by atoms with van der Waals surface area (Å²) in [6.45, 7) is 3.89. The lowest BCUT2D eigenvalue weighted by atomic mass is 10.1. The second-order valence-electron chi connectivity index (χ2n) is 6.88. The third-order valence-electron chi connectivity index (χ3n) is 5.30. The highest BCUT2D eigenvalue weighted by Gasteiger charge is 2.23. The Balaban J connectivity index is 1.52. The first-order valence-electron chi connectivity index (χ1n) is 8.80. The first-order chi connectivity index (χ1) is 11.8. The summed E-state index contributed by atoms with van der Waals surface area (Å²) in [4.78, 5) is 9.63. The highest BCUT2D eigenvalue weighted by molar-refractivity contribution is 5.76. The monoisotopic (exact) mass is 323 g/mol. The van der Waals surface area contributed by atoms with Crippen molar-refractivity contribution in [3.63, 3.8) is 0 Å². The number of aromatic nitrogens is 5. The normalized spacial score (nSPS) is 21.5. The number of rotatable bonds is 2. The smallest absolute Gasteiger partial charge is 0.160 e. The van der Waals surface area contributed by atoms with Crippen LogP contribution in [0.5, 0.6) is 0 Å². The fourth-order valence-corrected chi connectivity index (χ4v) is 3.91. The van der Waals surface area contributed by atoms with Crippen LogP contribution in [0.4, 0.5) is 0 Å². The fraction of sp³-hybridized carbons (Fsp3) is 0.500. The maximum atomic E-state index is 5.44. The predicted molar refractivity (Wildman–Crippen MR) is 90.9 cm³/mol. The van der Waals surface area contributed by atoms with Crippen molar-refractivity contribution in [1.82, 2.24) is 24.3 Å². The third kappa shape index (κ3) is 2.17. The minimum atomic E-state index is 0.440. The van der Waals surface area contributed by atoms with Crippen LogP contribution in [0.2, 0.25) is 0 Å². The zero-order chi connectivity index (χ0) is 16.1. The average Bonchev–Trinajstić information content (AvgIpc) is 3.32. The number of nitrogens with zero attached hydrogens (tertiary/aromatic N) is 5. The molecule has 0 radical (unpaired) electrons. The Morgan fingerprint density at radius 1 is 1.12 bits per heavy atom. The molecule has 0 bridgehead atoms. The van der Waals surface area contributed by atoms with E-state index in [1.54, 1.807) is 0 Å². The molecule has 6 nitrogen and oxygen atoms in total. The van der Waals surface area contributed by atoms with Crippen molar-refractivity contribution in [3.8, 4) is 11.3 Å². The Hall–Kier alpha value is -2.21. The molecule has 24 heavy (non-hydrogen) atoms. The van der Waals surface area contributed by atoms with Crippen LogP contribution < -0.4 is 0 Å². The van der Waals surface area contributed by atoms with Gasteiger partial charge in [0.05, 0.1) is 17.9 Å². The van der Waals surface area contributed by atoms with Gasteiger partial charge in [-0.15, -0.1) is 0 Å². The van der Waals surface area contributed by atoms with Crippen molar-refractivity contribution in [2.45, 2.75) is 44.7 Å². The van der Waals surface area contributed by atoms with Crippen molar-refractivity contribution < 1.29 is 4.74 Å². The Morgan fingerprint density at radius 3 is 2.88 bits per heavy atom. The van der Waals surface area contributed by atoms with Crippen LogP contribution in [0, 0.1) is 0 Å². The molecule has 124 valence electrons. The number of pyridine rings is 1. The Morgan fingerprint density at radius 2 is 2.00 bits per heavy atom. The minimum absolute atomic E-state index is 0.440. The molecule has 1 saturated heterocycles. The van der Waals surface area contributed by atoms with Crippen LogP contribution in [0.15, 0.2) is 24.5 Å². The van der Waals surface area contributed by atoms with E-state index in [1.807, 2.05) is 6.20 Å². The lowest BCUT2D eigenvalue weighted by Gasteiger charge is -2.22. The highest BCUT2D eigenvalue weighted by atomic mass is 16.5. The Bertz CT molecular complexity index is 890. The molecule has 0 unspecified atom stereocenters. The van der Waals surface area contributed by atoms with Gasteiger partial charge in [-0.2, -0.15) is 5.10 Å². The number of hydrogen-bond acceptors (Lipinski definition) is 4. The van der Waals surface area contributed by atoms with Crippen LogP contribution in [-0.4, -0.2) is 37.5 Å². The number of aryl methyl sites for hydroxylation is 1. The summed E-state index contributed by atoms with van der Waals surface area (Å²) >= 11 is 0. The van der Waals surface area contributed by atoms with E-state index in [0.717, 1.165) is 61.3 Å². The average molecular weight is 323 g/mol. The van der Waals surface area contributed by atoms with Crippen LogP contribution >= 0.6 is 0 Å². The van der Waals surface area contributed by atoms with Crippen LogP contribution in [0.3, 0.4) is 0 Å². The van der Waals surface area contributed by atoms with Crippen LogP contribution in [0.1, 0.15) is 44.1 Å². The van der Waals surface area contributed by atoms with Crippen molar-refractivity contribution in [3.05, 3.63) is 30.4 Å². The van der Waals surface area contributed by atoms with Crippen molar-refractivity contribution in [1.29, 1.82) is 0 Å². The SMILES string of the molecule is C[C@H]1CCc2nc3ccc(-c4cnn(C5CCOCC5)c4)nc3n21. The van der Waals surface area contributed by atoms with Gasteiger partial charge in [0.1, 0.15) is 11.3 Å². The van der Waals surface area contributed by atoms with Crippen molar-refractivity contribution >= 4 is 11.2 Å². The molecule has 1 atom stereocenters. The zero-order valence-corrected chi connectivity index (χ0v) is 13.9. The second-order valence-corrected chi connectivity index (χ2v) is 6.88. The molecule has 0 saturated carbocycles. The molecule has 0 aliphatic carbocycles. The zero-order valence-electron chi connectivity index (χ0n) is 13.9. The molecule has 3 aromatic rings. The second kappa shape index (κ2) is 5.41. The van der Waals surface area contributed by atoms with Gasteiger partial charge in [0, 0.05) is 37.4 Å². The van der Waals surface area contributed by atoms with E-state index >= 15 is 0 Å². The van der Waals surface area contributed by atoms with Crippen LogP contribution in [0.25, 0.3) is 22.4 Å². The lowest BCUT2D eigenvalue weighted by Crippen LogP contribution is -2.19. The van der Waals surface area contributed by atoms with Crippen LogP contribution in [-0.2, 0) is 11.2 Å². The summed E-state index contributed by atoms with van der Waals surface area (Å²) in [5.74, 6) is 1.17. The first kappa shape index (κ1) is 14.2. The van der Waals surface area contributed by atoms with E-state index in [4.69, 9.17) is 14.7 Å². The third-order valence-corrected chi connectivity index (χ3v) is 5.30. The van der Waals surface area contributed by atoms with E-state index in [-0.39, 0.29) is 0 Å². The molecule has 5 heterocycles. The van der Waals surface area contributed by atoms with Gasteiger partial charge in [-0.25, -0.2) is 9.97 Å². The summed E-state index contributed by atoms with van der Waals surface area (Å²) < 4.78 is 9.81. The summed E-state index contributed by atoms with van der Waals surface area (Å²) in [5.41, 5.74) is 4.05. The minimum Gasteiger partial charge on any atom is -0.381 e. The Kier molecular flexibility index (Phi) is 3.19. The van der Waals surface area contributed by atoms with E-state index in [9.17, 15) is 0 Å². The molecular formula is C18H21N5O. The topological polar surface area (TPSA) is 57.8 Å². The van der Waals surface area contributed by atoms with E-state index in [0.29, 0.717) is 12.1 Å². The molecule has 0 N–H and O–H groups in total. The molecular weight excluding hydrogens is 302 g/mol. The molecule has 1 fully saturated rings. The predicted octanol–water partition coefficient (Wildman–Crippen LogP) is 3.15. The number of fused-ring (bicyclic) bond motifs is 3. The van der Waals surface area contributed by atoms with Gasteiger partial charge in [-0.3, -0.25) is 4.68 Å². The standard InChI is InChI=1S/C18H21N5O/c1-12-2-5-17-20-16-4-3-15(21-18(16)23(12)17)13-10-19-22(11-13)14-6-8-24-9-7-14/h3-4,10-12,14H,2,5-9H2,1H3/t12-/m0/s1. The van der Waals surface area contributed by atoms with Gasteiger partial charge in [0.2, 0.25) is 0 Å². The molecule has 2 aliphatic heterocycles. The van der Waals surface area contributed by atoms with Gasteiger partial charge in [0.25, 0.3) is 0 Å². The number of hydrogen-bond donors (Lipinski definition) is 0. The quantitative estimate of drug-likeness (QED) is 0.727. The molecule has 6 heteroatoms. The van der Waals surface area contributed by atoms with Gasteiger partial charge < -0.3 is 9.30 Å². The largest absolute Gasteiger partial charge is 0.381 e. The molecule has 5 rings (SSSR count). The highest BCUT2D eigenvalue weighted by Crippen LogP contribution is 2.31. The van der Waals surface area contributed by atoms with Crippen molar-refractivity contribution in [2.75, 3.05) is 13.2 Å². The van der Waals surface area contributed by atoms with Gasteiger partial charge in [-0.05, 0) is 38.3 Å². The van der Waals surface area contributed by atoms with E-state index in [2.05, 4.69) is 39.6 Å². The molecule has 0 amide bonds. The number of ether oxygens (including phenoxy) is 1. The van der Waals surface area contributed by atoms with Gasteiger partial charge in [0.15, 0.2) is 5.65 Å². The van der Waals surface area contributed by atoms with E-state index < -0.39 is 0 Å². The fourth-order valence-electron chi connectivity index (χ4n) is 3.91. The maximum Gasteiger partial charge on any atom is 0.160 e. The van der Waals surface area contributed by atoms with Gasteiger partial charge in [-0.1, -0.05) is 0 Å². The summed E-state index contributed by atoms with van der Waals surface area (Å²) in [7, 11) is 0. The molecule has 0 aromatic carbocycles. The van der Waals surface area contributed by atoms with E-state index in [1.165, 1.54) is 5.82 Å². The van der Waals surface area contributed by atoms with Gasteiger partial charge >= 0.3 is 0 Å². The maximum absolute atomic E-state index is 5.44. The Labute approximate surface area is 140 Å².